The first-order chi connectivity index (χ1) is 10.2. The van der Waals surface area contributed by atoms with Gasteiger partial charge in [-0.1, -0.05) is 40.7 Å². The number of hydrogen-bond acceptors (Lipinski definition) is 5. The van der Waals surface area contributed by atoms with Gasteiger partial charge in [0, 0.05) is 29.1 Å². The molecule has 2 rings (SSSR count). The van der Waals surface area contributed by atoms with Crippen molar-refractivity contribution in [2.45, 2.75) is 29.9 Å². The van der Waals surface area contributed by atoms with E-state index in [4.69, 9.17) is 4.74 Å². The van der Waals surface area contributed by atoms with Crippen molar-refractivity contribution in [1.29, 1.82) is 0 Å². The van der Waals surface area contributed by atoms with E-state index >= 15 is 0 Å². The van der Waals surface area contributed by atoms with E-state index in [1.165, 1.54) is 0 Å². The van der Waals surface area contributed by atoms with Crippen LogP contribution in [0.15, 0.2) is 44.7 Å². The highest BCUT2D eigenvalue weighted by atomic mass is 79.9. The number of anilines is 1. The lowest BCUT2D eigenvalue weighted by atomic mass is 10.4. The highest BCUT2D eigenvalue weighted by molar-refractivity contribution is 9.10. The molecule has 0 amide bonds. The number of methoxy groups -OCH3 is 1. The summed E-state index contributed by atoms with van der Waals surface area (Å²) in [6.45, 7) is 3.43. The number of ether oxygens (including phenoxy) is 1. The molecule has 2 aromatic rings. The molecule has 6 heteroatoms. The van der Waals surface area contributed by atoms with Gasteiger partial charge in [-0.2, -0.15) is 0 Å². The number of nitrogens with zero attached hydrogens (tertiary/aromatic N) is 2. The van der Waals surface area contributed by atoms with Crippen LogP contribution in [0.25, 0.3) is 0 Å². The van der Waals surface area contributed by atoms with Gasteiger partial charge in [0.05, 0.1) is 0 Å². The molecular formula is C15H18BrN3OS. The molecule has 0 saturated heterocycles. The van der Waals surface area contributed by atoms with Crippen LogP contribution in [0, 0.1) is 0 Å². The molecule has 0 bridgehead atoms. The standard InChI is InChI=1S/C15H18BrN3OS/c1-3-7-17-13-9-15(19-14(18-13)10-20-2)21-12-6-4-5-11(16)8-12/h4-6,8-9H,3,7,10H2,1-2H3,(H,17,18,19). The van der Waals surface area contributed by atoms with Gasteiger partial charge in [0.25, 0.3) is 0 Å². The molecule has 0 spiro atoms. The van der Waals surface area contributed by atoms with Crippen molar-refractivity contribution < 1.29 is 4.74 Å². The molecule has 0 fully saturated rings. The normalized spacial score (nSPS) is 10.6. The van der Waals surface area contributed by atoms with E-state index in [9.17, 15) is 0 Å². The minimum absolute atomic E-state index is 0.410. The topological polar surface area (TPSA) is 47.0 Å². The number of nitrogens with one attached hydrogen (secondary N) is 1. The molecular weight excluding hydrogens is 350 g/mol. The zero-order valence-corrected chi connectivity index (χ0v) is 14.5. The maximum absolute atomic E-state index is 5.14. The van der Waals surface area contributed by atoms with Gasteiger partial charge >= 0.3 is 0 Å². The lowest BCUT2D eigenvalue weighted by molar-refractivity contribution is 0.177. The molecule has 1 N–H and O–H groups in total. The van der Waals surface area contributed by atoms with E-state index in [2.05, 4.69) is 50.3 Å². The first-order valence-corrected chi connectivity index (χ1v) is 8.36. The fourth-order valence-electron chi connectivity index (χ4n) is 1.71. The molecule has 0 atom stereocenters. The van der Waals surface area contributed by atoms with Gasteiger partial charge in [0.15, 0.2) is 5.82 Å². The zero-order valence-electron chi connectivity index (χ0n) is 12.1. The SMILES string of the molecule is CCCNc1cc(Sc2cccc(Br)c2)nc(COC)n1. The number of halogens is 1. The largest absolute Gasteiger partial charge is 0.377 e. The van der Waals surface area contributed by atoms with Crippen LogP contribution in [0.1, 0.15) is 19.2 Å². The Bertz CT molecular complexity index is 595. The summed E-state index contributed by atoms with van der Waals surface area (Å²) in [6.07, 6.45) is 1.05. The van der Waals surface area contributed by atoms with E-state index in [0.717, 1.165) is 33.2 Å². The van der Waals surface area contributed by atoms with E-state index in [1.807, 2.05) is 18.2 Å². The summed E-state index contributed by atoms with van der Waals surface area (Å²) in [7, 11) is 1.65. The van der Waals surface area contributed by atoms with Crippen LogP contribution < -0.4 is 5.32 Å². The van der Waals surface area contributed by atoms with Crippen LogP contribution in [0.5, 0.6) is 0 Å². The Morgan fingerprint density at radius 3 is 2.86 bits per heavy atom. The number of aromatic nitrogens is 2. The van der Waals surface area contributed by atoms with Gasteiger partial charge in [-0.25, -0.2) is 9.97 Å². The Labute approximate surface area is 137 Å². The van der Waals surface area contributed by atoms with Gasteiger partial charge in [-0.05, 0) is 24.6 Å². The summed E-state index contributed by atoms with van der Waals surface area (Å²) < 4.78 is 6.20. The van der Waals surface area contributed by atoms with Gasteiger partial charge in [0.1, 0.15) is 17.5 Å². The Morgan fingerprint density at radius 1 is 1.29 bits per heavy atom. The molecule has 0 unspecified atom stereocenters. The molecule has 4 nitrogen and oxygen atoms in total. The third-order valence-electron chi connectivity index (χ3n) is 2.60. The minimum atomic E-state index is 0.410. The number of benzene rings is 1. The van der Waals surface area contributed by atoms with Crippen LogP contribution in [-0.2, 0) is 11.3 Å². The Kier molecular flexibility index (Phi) is 6.48. The molecule has 21 heavy (non-hydrogen) atoms. The Hall–Kier alpha value is -1.11. The Balaban J connectivity index is 2.22. The predicted octanol–water partition coefficient (Wildman–Crippen LogP) is 4.36. The molecule has 0 aliphatic heterocycles. The van der Waals surface area contributed by atoms with Crippen LogP contribution in [0.2, 0.25) is 0 Å². The number of hydrogen-bond donors (Lipinski definition) is 1. The third-order valence-corrected chi connectivity index (χ3v) is 4.00. The summed E-state index contributed by atoms with van der Waals surface area (Å²) in [5.41, 5.74) is 0. The molecule has 1 aromatic carbocycles. The molecule has 1 heterocycles. The summed E-state index contributed by atoms with van der Waals surface area (Å²) in [5, 5.41) is 4.21. The van der Waals surface area contributed by atoms with E-state index in [0.29, 0.717) is 12.4 Å². The van der Waals surface area contributed by atoms with Crippen molar-refractivity contribution in [1.82, 2.24) is 9.97 Å². The fraction of sp³-hybridized carbons (Fsp3) is 0.333. The fourth-order valence-corrected chi connectivity index (χ4v) is 3.16. The summed E-state index contributed by atoms with van der Waals surface area (Å²) in [4.78, 5) is 10.1. The van der Waals surface area contributed by atoms with E-state index in [-0.39, 0.29) is 0 Å². The second kappa shape index (κ2) is 8.36. The smallest absolute Gasteiger partial charge is 0.157 e. The van der Waals surface area contributed by atoms with E-state index in [1.54, 1.807) is 18.9 Å². The maximum atomic E-state index is 5.14. The van der Waals surface area contributed by atoms with Crippen molar-refractivity contribution in [3.05, 3.63) is 40.6 Å². The maximum Gasteiger partial charge on any atom is 0.157 e. The van der Waals surface area contributed by atoms with Gasteiger partial charge < -0.3 is 10.1 Å². The van der Waals surface area contributed by atoms with Crippen LogP contribution in [0.3, 0.4) is 0 Å². The molecule has 112 valence electrons. The first kappa shape index (κ1) is 16.3. The monoisotopic (exact) mass is 367 g/mol. The third kappa shape index (κ3) is 5.30. The average molecular weight is 368 g/mol. The van der Waals surface area contributed by atoms with Crippen molar-refractivity contribution in [2.24, 2.45) is 0 Å². The molecule has 0 saturated carbocycles. The molecule has 0 radical (unpaired) electrons. The van der Waals surface area contributed by atoms with Crippen molar-refractivity contribution in [2.75, 3.05) is 19.0 Å². The van der Waals surface area contributed by atoms with Crippen molar-refractivity contribution in [3.8, 4) is 0 Å². The first-order valence-electron chi connectivity index (χ1n) is 6.75. The van der Waals surface area contributed by atoms with Crippen LogP contribution in [0.4, 0.5) is 5.82 Å². The lowest BCUT2D eigenvalue weighted by Crippen LogP contribution is -2.06. The van der Waals surface area contributed by atoms with Gasteiger partial charge in [0.2, 0.25) is 0 Å². The lowest BCUT2D eigenvalue weighted by Gasteiger charge is -2.09. The second-order valence-corrected chi connectivity index (χ2v) is 6.44. The number of rotatable bonds is 7. The van der Waals surface area contributed by atoms with Crippen molar-refractivity contribution in [3.63, 3.8) is 0 Å². The van der Waals surface area contributed by atoms with Crippen LogP contribution in [-0.4, -0.2) is 23.6 Å². The van der Waals surface area contributed by atoms with Gasteiger partial charge in [-0.3, -0.25) is 0 Å². The quantitative estimate of drug-likeness (QED) is 0.736. The summed E-state index contributed by atoms with van der Waals surface area (Å²) in [6, 6.07) is 10.1. The summed E-state index contributed by atoms with van der Waals surface area (Å²) in [5.74, 6) is 1.53. The van der Waals surface area contributed by atoms with E-state index < -0.39 is 0 Å². The molecule has 0 aliphatic rings. The average Bonchev–Trinajstić information content (AvgIpc) is 2.45. The minimum Gasteiger partial charge on any atom is -0.377 e. The second-order valence-electron chi connectivity index (χ2n) is 4.43. The highest BCUT2D eigenvalue weighted by Gasteiger charge is 2.06. The molecule has 0 aliphatic carbocycles. The van der Waals surface area contributed by atoms with Gasteiger partial charge in [-0.15, -0.1) is 0 Å². The zero-order chi connectivity index (χ0) is 15.1. The summed E-state index contributed by atoms with van der Waals surface area (Å²) >= 11 is 5.10. The molecule has 1 aromatic heterocycles. The van der Waals surface area contributed by atoms with Crippen molar-refractivity contribution >= 4 is 33.5 Å². The van der Waals surface area contributed by atoms with Crippen LogP contribution >= 0.6 is 27.7 Å². The highest BCUT2D eigenvalue weighted by Crippen LogP contribution is 2.29. The predicted molar refractivity (Wildman–Crippen MR) is 89.8 cm³/mol. The Morgan fingerprint density at radius 2 is 2.14 bits per heavy atom.